The van der Waals surface area contributed by atoms with Crippen LogP contribution in [0.3, 0.4) is 0 Å². The summed E-state index contributed by atoms with van der Waals surface area (Å²) in [5.41, 5.74) is 4.83. The summed E-state index contributed by atoms with van der Waals surface area (Å²) in [4.78, 5) is 10.7. The summed E-state index contributed by atoms with van der Waals surface area (Å²) in [5, 5.41) is 12.8. The number of hydrazone groups is 1. The molecule has 0 spiro atoms. The zero-order chi connectivity index (χ0) is 12.8. The van der Waals surface area contributed by atoms with Gasteiger partial charge in [-0.25, -0.2) is 4.79 Å². The Labute approximate surface area is 105 Å². The second-order valence-electron chi connectivity index (χ2n) is 3.66. The Bertz CT molecular complexity index is 548. The zero-order valence-corrected chi connectivity index (χ0v) is 9.58. The minimum absolute atomic E-state index is 0.257. The average molecular weight is 240 g/mol. The average Bonchev–Trinajstić information content (AvgIpc) is 2.40. The molecule has 0 heterocycles. The Hall–Kier alpha value is -2.62. The number of benzene rings is 2. The van der Waals surface area contributed by atoms with Gasteiger partial charge in [0.15, 0.2) is 0 Å². The van der Waals surface area contributed by atoms with Gasteiger partial charge in [0, 0.05) is 0 Å². The minimum Gasteiger partial charge on any atom is -0.478 e. The first-order valence-electron chi connectivity index (χ1n) is 5.43. The summed E-state index contributed by atoms with van der Waals surface area (Å²) in [6.07, 6.45) is 1.70. The number of carboxylic acid groups (broad SMARTS) is 1. The van der Waals surface area contributed by atoms with E-state index in [0.717, 1.165) is 11.3 Å². The molecule has 18 heavy (non-hydrogen) atoms. The predicted octanol–water partition coefficient (Wildman–Crippen LogP) is 2.83. The van der Waals surface area contributed by atoms with E-state index >= 15 is 0 Å². The van der Waals surface area contributed by atoms with Gasteiger partial charge in [-0.15, -0.1) is 0 Å². The molecule has 0 amide bonds. The van der Waals surface area contributed by atoms with E-state index < -0.39 is 5.97 Å². The fraction of sp³-hybridized carbons (Fsp3) is 0. The van der Waals surface area contributed by atoms with Crippen LogP contribution < -0.4 is 5.43 Å². The summed E-state index contributed by atoms with van der Waals surface area (Å²) in [6, 6.07) is 16.1. The van der Waals surface area contributed by atoms with Crippen LogP contribution in [0.5, 0.6) is 0 Å². The maximum atomic E-state index is 10.7. The molecule has 4 heteroatoms. The summed E-state index contributed by atoms with van der Waals surface area (Å²) < 4.78 is 0. The summed E-state index contributed by atoms with van der Waals surface area (Å²) in [6.45, 7) is 0. The van der Waals surface area contributed by atoms with E-state index in [9.17, 15) is 4.79 Å². The molecule has 2 aromatic carbocycles. The molecule has 0 aliphatic rings. The van der Waals surface area contributed by atoms with Crippen LogP contribution in [0.15, 0.2) is 59.7 Å². The highest BCUT2D eigenvalue weighted by Crippen LogP contribution is 2.09. The Morgan fingerprint density at radius 3 is 2.33 bits per heavy atom. The van der Waals surface area contributed by atoms with Gasteiger partial charge in [-0.05, 0) is 29.8 Å². The molecule has 2 rings (SSSR count). The maximum absolute atomic E-state index is 10.7. The number of aromatic carboxylic acids is 1. The summed E-state index contributed by atoms with van der Waals surface area (Å²) in [5.74, 6) is -0.936. The fourth-order valence-electron chi connectivity index (χ4n) is 1.41. The van der Waals surface area contributed by atoms with Crippen molar-refractivity contribution >= 4 is 17.9 Å². The van der Waals surface area contributed by atoms with E-state index in [2.05, 4.69) is 10.5 Å². The highest BCUT2D eigenvalue weighted by molar-refractivity contribution is 5.88. The predicted molar refractivity (Wildman–Crippen MR) is 71.1 cm³/mol. The van der Waals surface area contributed by atoms with Gasteiger partial charge in [-0.1, -0.05) is 30.3 Å². The lowest BCUT2D eigenvalue weighted by Crippen LogP contribution is -1.96. The monoisotopic (exact) mass is 240 g/mol. The van der Waals surface area contributed by atoms with Gasteiger partial charge >= 0.3 is 5.97 Å². The third-order valence-corrected chi connectivity index (χ3v) is 2.34. The molecule has 0 fully saturated rings. The number of nitrogens with zero attached hydrogens (tertiary/aromatic N) is 1. The van der Waals surface area contributed by atoms with Crippen LogP contribution in [0.4, 0.5) is 5.69 Å². The van der Waals surface area contributed by atoms with Crippen molar-refractivity contribution in [1.82, 2.24) is 0 Å². The van der Waals surface area contributed by atoms with E-state index in [4.69, 9.17) is 5.11 Å². The highest BCUT2D eigenvalue weighted by Gasteiger charge is 2.00. The van der Waals surface area contributed by atoms with Crippen molar-refractivity contribution in [3.05, 3.63) is 65.7 Å². The molecule has 0 atom stereocenters. The van der Waals surface area contributed by atoms with Crippen LogP contribution in [0.2, 0.25) is 0 Å². The van der Waals surface area contributed by atoms with Crippen molar-refractivity contribution in [2.24, 2.45) is 5.10 Å². The lowest BCUT2D eigenvalue weighted by molar-refractivity contribution is 0.0697. The fourth-order valence-corrected chi connectivity index (χ4v) is 1.41. The second kappa shape index (κ2) is 5.63. The number of carbonyl (C=O) groups is 1. The van der Waals surface area contributed by atoms with Crippen LogP contribution in [-0.4, -0.2) is 17.3 Å². The quantitative estimate of drug-likeness (QED) is 0.638. The molecule has 0 unspecified atom stereocenters. The van der Waals surface area contributed by atoms with Crippen molar-refractivity contribution in [2.75, 3.05) is 5.43 Å². The molecule has 0 saturated carbocycles. The van der Waals surface area contributed by atoms with Crippen molar-refractivity contribution < 1.29 is 9.90 Å². The van der Waals surface area contributed by atoms with Crippen molar-refractivity contribution in [3.63, 3.8) is 0 Å². The van der Waals surface area contributed by atoms with E-state index in [1.807, 2.05) is 30.3 Å². The van der Waals surface area contributed by atoms with Gasteiger partial charge in [0.05, 0.1) is 17.5 Å². The summed E-state index contributed by atoms with van der Waals surface area (Å²) >= 11 is 0. The molecule has 0 aliphatic heterocycles. The van der Waals surface area contributed by atoms with Gasteiger partial charge in [-0.3, -0.25) is 5.43 Å². The number of nitrogens with one attached hydrogen (secondary N) is 1. The van der Waals surface area contributed by atoms with Crippen LogP contribution in [-0.2, 0) is 0 Å². The third-order valence-electron chi connectivity index (χ3n) is 2.34. The maximum Gasteiger partial charge on any atom is 0.335 e. The molecule has 4 nitrogen and oxygen atoms in total. The van der Waals surface area contributed by atoms with E-state index in [1.54, 1.807) is 18.3 Å². The molecular formula is C14H12N2O2. The normalized spacial score (nSPS) is 10.4. The first-order valence-corrected chi connectivity index (χ1v) is 5.43. The molecule has 2 aromatic rings. The van der Waals surface area contributed by atoms with Gasteiger partial charge in [0.1, 0.15) is 0 Å². The lowest BCUT2D eigenvalue weighted by Gasteiger charge is -2.00. The number of anilines is 1. The van der Waals surface area contributed by atoms with Gasteiger partial charge in [-0.2, -0.15) is 5.10 Å². The molecule has 0 saturated heterocycles. The van der Waals surface area contributed by atoms with Crippen molar-refractivity contribution in [1.29, 1.82) is 0 Å². The molecular weight excluding hydrogens is 228 g/mol. The number of rotatable bonds is 4. The summed E-state index contributed by atoms with van der Waals surface area (Å²) in [7, 11) is 0. The van der Waals surface area contributed by atoms with E-state index in [0.29, 0.717) is 0 Å². The minimum atomic E-state index is -0.936. The molecule has 2 N–H and O–H groups in total. The molecule has 0 bridgehead atoms. The zero-order valence-electron chi connectivity index (χ0n) is 9.58. The Balaban J connectivity index is 1.98. The number of hydrogen-bond donors (Lipinski definition) is 2. The van der Waals surface area contributed by atoms with Crippen molar-refractivity contribution in [2.45, 2.75) is 0 Å². The van der Waals surface area contributed by atoms with Gasteiger partial charge in [0.2, 0.25) is 0 Å². The molecule has 0 radical (unpaired) electrons. The smallest absolute Gasteiger partial charge is 0.335 e. The highest BCUT2D eigenvalue weighted by atomic mass is 16.4. The largest absolute Gasteiger partial charge is 0.478 e. The van der Waals surface area contributed by atoms with Crippen LogP contribution in [0.25, 0.3) is 0 Å². The SMILES string of the molecule is O=C(O)c1ccc(NN=Cc2ccccc2)cc1. The van der Waals surface area contributed by atoms with Gasteiger partial charge < -0.3 is 5.11 Å². The Morgan fingerprint density at radius 1 is 1.06 bits per heavy atom. The van der Waals surface area contributed by atoms with Crippen molar-refractivity contribution in [3.8, 4) is 0 Å². The molecule has 0 aliphatic carbocycles. The lowest BCUT2D eigenvalue weighted by atomic mass is 10.2. The molecule has 0 aromatic heterocycles. The topological polar surface area (TPSA) is 61.7 Å². The first-order chi connectivity index (χ1) is 8.75. The van der Waals surface area contributed by atoms with E-state index in [1.165, 1.54) is 12.1 Å². The number of hydrogen-bond acceptors (Lipinski definition) is 3. The van der Waals surface area contributed by atoms with Gasteiger partial charge in [0.25, 0.3) is 0 Å². The third kappa shape index (κ3) is 3.18. The standard InChI is InChI=1S/C14H12N2O2/c17-14(18)12-6-8-13(9-7-12)16-15-10-11-4-2-1-3-5-11/h1-10,16H,(H,17,18). The van der Waals surface area contributed by atoms with E-state index in [-0.39, 0.29) is 5.56 Å². The Morgan fingerprint density at radius 2 is 1.72 bits per heavy atom. The van der Waals surface area contributed by atoms with Crippen LogP contribution >= 0.6 is 0 Å². The molecule has 90 valence electrons. The second-order valence-corrected chi connectivity index (χ2v) is 3.66. The van der Waals surface area contributed by atoms with Crippen LogP contribution in [0.1, 0.15) is 15.9 Å². The Kier molecular flexibility index (Phi) is 3.71. The number of carboxylic acids is 1. The van der Waals surface area contributed by atoms with Crippen LogP contribution in [0, 0.1) is 0 Å². The first kappa shape index (κ1) is 11.9.